The molecule has 1 fully saturated rings. The summed E-state index contributed by atoms with van der Waals surface area (Å²) in [6.45, 7) is 0. The number of rotatable bonds is 3. The normalized spacial score (nSPS) is 22.8. The molecule has 20 heavy (non-hydrogen) atoms. The molecule has 4 rings (SSSR count). The lowest BCUT2D eigenvalue weighted by Gasteiger charge is -2.24. The van der Waals surface area contributed by atoms with Gasteiger partial charge in [0.25, 0.3) is 0 Å². The molecule has 0 amide bonds. The lowest BCUT2D eigenvalue weighted by atomic mass is 9.90. The fourth-order valence-electron chi connectivity index (χ4n) is 4.01. The molecular weight excluding hydrogens is 246 g/mol. The monoisotopic (exact) mass is 267 g/mol. The Morgan fingerprint density at radius 1 is 1.25 bits per heavy atom. The molecule has 0 spiro atoms. The quantitative estimate of drug-likeness (QED) is 0.926. The lowest BCUT2D eigenvalue weighted by Crippen LogP contribution is -2.31. The standard InChI is InChI=1S/C17H21N3/c18-15(12-5-1-2-6-12)9-16-13-7-3-4-8-14(13)17-10-19-11-20(16)17/h3-4,7-8,10-12,15-16H,1-2,5-6,9,18H2. The van der Waals surface area contributed by atoms with Gasteiger partial charge in [0.1, 0.15) is 0 Å². The summed E-state index contributed by atoms with van der Waals surface area (Å²) in [5, 5.41) is 0. The molecule has 0 bridgehead atoms. The molecule has 2 heterocycles. The molecule has 1 aliphatic carbocycles. The topological polar surface area (TPSA) is 43.8 Å². The molecule has 2 atom stereocenters. The van der Waals surface area contributed by atoms with Crippen molar-refractivity contribution in [3.05, 3.63) is 42.4 Å². The first-order valence-corrected chi connectivity index (χ1v) is 7.71. The number of hydrogen-bond donors (Lipinski definition) is 1. The first-order chi connectivity index (χ1) is 9.84. The maximum Gasteiger partial charge on any atom is 0.0956 e. The smallest absolute Gasteiger partial charge is 0.0956 e. The van der Waals surface area contributed by atoms with Crippen LogP contribution >= 0.6 is 0 Å². The number of hydrogen-bond acceptors (Lipinski definition) is 2. The lowest BCUT2D eigenvalue weighted by molar-refractivity contribution is 0.370. The number of aromatic nitrogens is 2. The van der Waals surface area contributed by atoms with E-state index in [4.69, 9.17) is 5.73 Å². The number of nitrogens with two attached hydrogens (primary N) is 1. The van der Waals surface area contributed by atoms with Crippen LogP contribution in [-0.4, -0.2) is 15.6 Å². The number of imidazole rings is 1. The molecule has 2 unspecified atom stereocenters. The van der Waals surface area contributed by atoms with Crippen LogP contribution < -0.4 is 5.73 Å². The van der Waals surface area contributed by atoms with Crippen molar-refractivity contribution in [1.82, 2.24) is 9.55 Å². The number of benzene rings is 1. The zero-order valence-corrected chi connectivity index (χ0v) is 11.7. The van der Waals surface area contributed by atoms with Gasteiger partial charge in [-0.2, -0.15) is 0 Å². The van der Waals surface area contributed by atoms with Crippen molar-refractivity contribution in [1.29, 1.82) is 0 Å². The van der Waals surface area contributed by atoms with Crippen LogP contribution in [0.1, 0.15) is 43.7 Å². The summed E-state index contributed by atoms with van der Waals surface area (Å²) in [6.07, 6.45) is 10.3. The van der Waals surface area contributed by atoms with E-state index < -0.39 is 0 Å². The zero-order chi connectivity index (χ0) is 13.5. The average Bonchev–Trinajstić information content (AvgIpc) is 3.17. The number of nitrogens with zero attached hydrogens (tertiary/aromatic N) is 2. The highest BCUT2D eigenvalue weighted by atomic mass is 15.1. The second-order valence-corrected chi connectivity index (χ2v) is 6.23. The van der Waals surface area contributed by atoms with E-state index in [1.165, 1.54) is 42.5 Å². The Labute approximate surface area is 119 Å². The first-order valence-electron chi connectivity index (χ1n) is 7.71. The van der Waals surface area contributed by atoms with Crippen molar-refractivity contribution >= 4 is 0 Å². The van der Waals surface area contributed by atoms with Gasteiger partial charge >= 0.3 is 0 Å². The summed E-state index contributed by atoms with van der Waals surface area (Å²) >= 11 is 0. The summed E-state index contributed by atoms with van der Waals surface area (Å²) in [7, 11) is 0. The highest BCUT2D eigenvalue weighted by Gasteiger charge is 2.32. The predicted molar refractivity (Wildman–Crippen MR) is 80.4 cm³/mol. The van der Waals surface area contributed by atoms with E-state index in [2.05, 4.69) is 33.8 Å². The van der Waals surface area contributed by atoms with Gasteiger partial charge in [-0.3, -0.25) is 0 Å². The molecule has 3 heteroatoms. The number of fused-ring (bicyclic) bond motifs is 3. The highest BCUT2D eigenvalue weighted by Crippen LogP contribution is 2.42. The van der Waals surface area contributed by atoms with Gasteiger partial charge in [-0.15, -0.1) is 0 Å². The molecule has 2 aromatic rings. The third kappa shape index (κ3) is 1.80. The third-order valence-electron chi connectivity index (χ3n) is 5.10. The van der Waals surface area contributed by atoms with E-state index in [0.717, 1.165) is 12.3 Å². The van der Waals surface area contributed by atoms with Gasteiger partial charge in [-0.25, -0.2) is 4.98 Å². The molecule has 1 aromatic heterocycles. The van der Waals surface area contributed by atoms with Crippen LogP contribution in [0.5, 0.6) is 0 Å². The molecule has 0 saturated heterocycles. The van der Waals surface area contributed by atoms with Crippen LogP contribution in [0.25, 0.3) is 11.3 Å². The van der Waals surface area contributed by atoms with Crippen LogP contribution in [0.2, 0.25) is 0 Å². The van der Waals surface area contributed by atoms with Crippen molar-refractivity contribution in [3.8, 4) is 11.3 Å². The minimum Gasteiger partial charge on any atom is -0.327 e. The molecule has 1 saturated carbocycles. The minimum atomic E-state index is 0.309. The molecule has 3 nitrogen and oxygen atoms in total. The SMILES string of the molecule is NC(CC1c2ccccc2-c2cncn21)C1CCCC1. The van der Waals surface area contributed by atoms with Crippen LogP contribution in [0.15, 0.2) is 36.8 Å². The Morgan fingerprint density at radius 3 is 2.90 bits per heavy atom. The van der Waals surface area contributed by atoms with Gasteiger partial charge < -0.3 is 10.3 Å². The third-order valence-corrected chi connectivity index (χ3v) is 5.10. The van der Waals surface area contributed by atoms with Crippen molar-refractivity contribution in [2.75, 3.05) is 0 Å². The zero-order valence-electron chi connectivity index (χ0n) is 11.7. The van der Waals surface area contributed by atoms with Gasteiger partial charge in [0.15, 0.2) is 0 Å². The van der Waals surface area contributed by atoms with Gasteiger partial charge in [-0.05, 0) is 30.7 Å². The van der Waals surface area contributed by atoms with Gasteiger partial charge in [0, 0.05) is 11.6 Å². The molecule has 104 valence electrons. The second kappa shape index (κ2) is 4.74. The Kier molecular flexibility index (Phi) is 2.88. The average molecular weight is 267 g/mol. The van der Waals surface area contributed by atoms with Crippen molar-refractivity contribution < 1.29 is 0 Å². The maximum atomic E-state index is 6.51. The van der Waals surface area contributed by atoms with E-state index in [1.807, 2.05) is 12.5 Å². The summed E-state index contributed by atoms with van der Waals surface area (Å²) in [5.74, 6) is 0.717. The van der Waals surface area contributed by atoms with Crippen molar-refractivity contribution in [2.45, 2.75) is 44.2 Å². The maximum absolute atomic E-state index is 6.51. The molecule has 2 N–H and O–H groups in total. The van der Waals surface area contributed by atoms with Gasteiger partial charge in [0.2, 0.25) is 0 Å². The van der Waals surface area contributed by atoms with E-state index >= 15 is 0 Å². The Bertz CT molecular complexity index is 610. The second-order valence-electron chi connectivity index (χ2n) is 6.23. The van der Waals surface area contributed by atoms with Gasteiger partial charge in [-0.1, -0.05) is 37.1 Å². The van der Waals surface area contributed by atoms with E-state index in [9.17, 15) is 0 Å². The predicted octanol–water partition coefficient (Wildman–Crippen LogP) is 3.36. The Balaban J connectivity index is 1.65. The summed E-state index contributed by atoms with van der Waals surface area (Å²) in [5.41, 5.74) is 10.5. The summed E-state index contributed by atoms with van der Waals surface area (Å²) < 4.78 is 2.31. The summed E-state index contributed by atoms with van der Waals surface area (Å²) in [6, 6.07) is 9.36. The van der Waals surface area contributed by atoms with Crippen molar-refractivity contribution in [2.24, 2.45) is 11.7 Å². The molecule has 1 aliphatic heterocycles. The largest absolute Gasteiger partial charge is 0.327 e. The van der Waals surface area contributed by atoms with Crippen LogP contribution in [0.3, 0.4) is 0 Å². The Morgan fingerprint density at radius 2 is 2.05 bits per heavy atom. The van der Waals surface area contributed by atoms with Crippen LogP contribution in [-0.2, 0) is 0 Å². The minimum absolute atomic E-state index is 0.309. The fraction of sp³-hybridized carbons (Fsp3) is 0.471. The van der Waals surface area contributed by atoms with Crippen LogP contribution in [0, 0.1) is 5.92 Å². The fourth-order valence-corrected chi connectivity index (χ4v) is 4.01. The first kappa shape index (κ1) is 12.2. The molecule has 0 radical (unpaired) electrons. The summed E-state index contributed by atoms with van der Waals surface area (Å²) in [4.78, 5) is 4.32. The van der Waals surface area contributed by atoms with Crippen molar-refractivity contribution in [3.63, 3.8) is 0 Å². The van der Waals surface area contributed by atoms with Crippen LogP contribution in [0.4, 0.5) is 0 Å². The van der Waals surface area contributed by atoms with E-state index in [-0.39, 0.29) is 0 Å². The molecule has 2 aliphatic rings. The van der Waals surface area contributed by atoms with E-state index in [0.29, 0.717) is 12.1 Å². The van der Waals surface area contributed by atoms with Gasteiger partial charge in [0.05, 0.1) is 24.3 Å². The molecule has 1 aromatic carbocycles. The highest BCUT2D eigenvalue weighted by molar-refractivity contribution is 5.68. The molecular formula is C17H21N3. The van der Waals surface area contributed by atoms with E-state index in [1.54, 1.807) is 0 Å². The Hall–Kier alpha value is -1.61.